The van der Waals surface area contributed by atoms with E-state index in [0.29, 0.717) is 5.57 Å². The number of benzene rings is 4. The molecule has 1 amide bonds. The van der Waals surface area contributed by atoms with Crippen molar-refractivity contribution in [3.8, 4) is 0 Å². The van der Waals surface area contributed by atoms with Crippen molar-refractivity contribution in [3.05, 3.63) is 113 Å². The second-order valence-corrected chi connectivity index (χ2v) is 7.40. The molecule has 29 heavy (non-hydrogen) atoms. The van der Waals surface area contributed by atoms with Crippen molar-refractivity contribution in [3.63, 3.8) is 0 Å². The molecule has 5 rings (SSSR count). The first-order valence-corrected chi connectivity index (χ1v) is 9.96. The van der Waals surface area contributed by atoms with Gasteiger partial charge in [-0.1, -0.05) is 84.9 Å². The number of carbonyl (C=O) groups is 1. The number of anilines is 1. The highest BCUT2D eigenvalue weighted by Crippen LogP contribution is 2.35. The fourth-order valence-corrected chi connectivity index (χ4v) is 4.16. The topological polar surface area (TPSA) is 29.1 Å². The maximum absolute atomic E-state index is 13.4. The largest absolute Gasteiger partial charge is 0.321 e. The van der Waals surface area contributed by atoms with Crippen LogP contribution in [-0.2, 0) is 17.6 Å². The van der Waals surface area contributed by atoms with Gasteiger partial charge in [0.2, 0.25) is 0 Å². The van der Waals surface area contributed by atoms with Gasteiger partial charge in [-0.05, 0) is 52.6 Å². The Morgan fingerprint density at radius 2 is 1.41 bits per heavy atom. The van der Waals surface area contributed by atoms with E-state index < -0.39 is 0 Å². The van der Waals surface area contributed by atoms with Gasteiger partial charge in [-0.2, -0.15) is 0 Å². The Morgan fingerprint density at radius 3 is 2.17 bits per heavy atom. The maximum atomic E-state index is 13.4. The Kier molecular flexibility index (Phi) is 4.45. The Labute approximate surface area is 170 Å². The van der Waals surface area contributed by atoms with Gasteiger partial charge in [-0.25, -0.2) is 0 Å². The summed E-state index contributed by atoms with van der Waals surface area (Å²) in [5.74, 6) is -0.0984. The highest BCUT2D eigenvalue weighted by molar-refractivity contribution is 6.30. The van der Waals surface area contributed by atoms with Crippen LogP contribution in [0.15, 0.2) is 91.0 Å². The van der Waals surface area contributed by atoms with Crippen LogP contribution in [0.5, 0.6) is 0 Å². The van der Waals surface area contributed by atoms with E-state index in [1.54, 1.807) is 0 Å². The number of aryl methyl sites for hydroxylation is 2. The third-order valence-corrected chi connectivity index (χ3v) is 5.57. The van der Waals surface area contributed by atoms with Crippen molar-refractivity contribution < 1.29 is 4.79 Å². The molecular weight excluding hydrogens is 354 g/mol. The van der Waals surface area contributed by atoms with Crippen molar-refractivity contribution in [2.45, 2.75) is 12.8 Å². The first-order valence-electron chi connectivity index (χ1n) is 9.96. The van der Waals surface area contributed by atoms with Gasteiger partial charge in [-0.15, -0.1) is 0 Å². The van der Waals surface area contributed by atoms with Crippen LogP contribution < -0.4 is 5.32 Å². The normalized spacial score (nSPS) is 12.9. The smallest absolute Gasteiger partial charge is 0.256 e. The molecule has 1 aliphatic carbocycles. The minimum Gasteiger partial charge on any atom is -0.321 e. The van der Waals surface area contributed by atoms with E-state index in [4.69, 9.17) is 0 Å². The lowest BCUT2D eigenvalue weighted by atomic mass is 10.0. The monoisotopic (exact) mass is 375 g/mol. The van der Waals surface area contributed by atoms with Gasteiger partial charge in [0.15, 0.2) is 0 Å². The summed E-state index contributed by atoms with van der Waals surface area (Å²) in [5.41, 5.74) is 6.17. The summed E-state index contributed by atoms with van der Waals surface area (Å²) < 4.78 is 0. The molecule has 0 saturated heterocycles. The molecule has 0 aromatic heterocycles. The highest BCUT2D eigenvalue weighted by atomic mass is 16.1. The van der Waals surface area contributed by atoms with E-state index >= 15 is 0 Å². The summed E-state index contributed by atoms with van der Waals surface area (Å²) in [6.07, 6.45) is 4.10. The number of carbonyl (C=O) groups excluding carboxylic acids is 1. The predicted octanol–water partition coefficient (Wildman–Crippen LogP) is 6.12. The third kappa shape index (κ3) is 3.34. The van der Waals surface area contributed by atoms with Gasteiger partial charge in [0, 0.05) is 16.6 Å². The van der Waals surface area contributed by atoms with Gasteiger partial charge in [0.25, 0.3) is 5.91 Å². The molecule has 2 nitrogen and oxygen atoms in total. The van der Waals surface area contributed by atoms with Crippen LogP contribution in [0.3, 0.4) is 0 Å². The van der Waals surface area contributed by atoms with Gasteiger partial charge >= 0.3 is 0 Å². The van der Waals surface area contributed by atoms with Crippen molar-refractivity contribution in [1.82, 2.24) is 0 Å². The Balaban J connectivity index is 1.56. The zero-order valence-electron chi connectivity index (χ0n) is 16.1. The minimum absolute atomic E-state index is 0.0984. The lowest BCUT2D eigenvalue weighted by Crippen LogP contribution is -2.14. The summed E-state index contributed by atoms with van der Waals surface area (Å²) in [4.78, 5) is 13.4. The first kappa shape index (κ1) is 17.4. The van der Waals surface area contributed by atoms with Crippen LogP contribution in [0, 0.1) is 0 Å². The SMILES string of the molecule is O=C(Nc1ccc2c3c(cccc13)CC2)/C(=C/c1ccccc1)c1ccccc1. The lowest BCUT2D eigenvalue weighted by Gasteiger charge is -2.13. The number of nitrogens with one attached hydrogen (secondary N) is 1. The van der Waals surface area contributed by atoms with Crippen molar-refractivity contribution in [2.75, 3.05) is 5.32 Å². The van der Waals surface area contributed by atoms with Crippen LogP contribution in [-0.4, -0.2) is 5.91 Å². The maximum Gasteiger partial charge on any atom is 0.256 e. The molecular formula is C27H21NO. The highest BCUT2D eigenvalue weighted by Gasteiger charge is 2.18. The number of rotatable bonds is 4. The van der Waals surface area contributed by atoms with E-state index in [1.807, 2.05) is 72.8 Å². The molecule has 1 aliphatic rings. The molecule has 140 valence electrons. The summed E-state index contributed by atoms with van der Waals surface area (Å²) in [7, 11) is 0. The molecule has 0 spiro atoms. The summed E-state index contributed by atoms with van der Waals surface area (Å²) in [6.45, 7) is 0. The molecule has 0 fully saturated rings. The molecule has 2 heteroatoms. The number of amides is 1. The van der Waals surface area contributed by atoms with Gasteiger partial charge < -0.3 is 5.32 Å². The molecule has 1 N–H and O–H groups in total. The Bertz CT molecular complexity index is 1210. The Hall–Kier alpha value is -3.65. The first-order chi connectivity index (χ1) is 14.3. The van der Waals surface area contributed by atoms with Gasteiger partial charge in [-0.3, -0.25) is 4.79 Å². The molecule has 0 bridgehead atoms. The predicted molar refractivity (Wildman–Crippen MR) is 121 cm³/mol. The number of hydrogen-bond donors (Lipinski definition) is 1. The van der Waals surface area contributed by atoms with E-state index in [-0.39, 0.29) is 5.91 Å². The van der Waals surface area contributed by atoms with Crippen LogP contribution in [0.25, 0.3) is 22.4 Å². The van der Waals surface area contributed by atoms with Crippen LogP contribution in [0.4, 0.5) is 5.69 Å². The van der Waals surface area contributed by atoms with Gasteiger partial charge in [0.1, 0.15) is 0 Å². The average molecular weight is 375 g/mol. The van der Waals surface area contributed by atoms with E-state index in [0.717, 1.165) is 35.0 Å². The Morgan fingerprint density at radius 1 is 0.724 bits per heavy atom. The third-order valence-electron chi connectivity index (χ3n) is 5.57. The molecule has 0 saturated carbocycles. The van der Waals surface area contributed by atoms with E-state index in [9.17, 15) is 4.79 Å². The van der Waals surface area contributed by atoms with Crippen LogP contribution in [0.2, 0.25) is 0 Å². The summed E-state index contributed by atoms with van der Waals surface area (Å²) >= 11 is 0. The summed E-state index contributed by atoms with van der Waals surface area (Å²) in [5, 5.41) is 5.61. The second kappa shape index (κ2) is 7.40. The average Bonchev–Trinajstić information content (AvgIpc) is 3.20. The molecule has 0 radical (unpaired) electrons. The molecule has 0 aliphatic heterocycles. The zero-order valence-corrected chi connectivity index (χ0v) is 16.1. The van der Waals surface area contributed by atoms with Gasteiger partial charge in [0.05, 0.1) is 0 Å². The van der Waals surface area contributed by atoms with Crippen LogP contribution in [0.1, 0.15) is 22.3 Å². The second-order valence-electron chi connectivity index (χ2n) is 7.40. The standard InChI is InChI=1S/C27H21NO/c29-27(24(20-10-5-2-6-11-20)18-19-8-3-1-4-9-19)28-25-17-16-22-15-14-21-12-7-13-23(25)26(21)22/h1-13,16-18H,14-15H2,(H,28,29)/b24-18+. The van der Waals surface area contributed by atoms with E-state index in [1.165, 1.54) is 16.5 Å². The fourth-order valence-electron chi connectivity index (χ4n) is 4.16. The lowest BCUT2D eigenvalue weighted by molar-refractivity contribution is -0.111. The van der Waals surface area contributed by atoms with Crippen LogP contribution >= 0.6 is 0 Å². The molecule has 0 unspecified atom stereocenters. The summed E-state index contributed by atoms with van der Waals surface area (Å²) in [6, 6.07) is 30.4. The van der Waals surface area contributed by atoms with Crippen molar-refractivity contribution >= 4 is 34.0 Å². The fraction of sp³-hybridized carbons (Fsp3) is 0.0741. The quantitative estimate of drug-likeness (QED) is 0.338. The van der Waals surface area contributed by atoms with Crippen molar-refractivity contribution in [2.24, 2.45) is 0 Å². The molecule has 0 atom stereocenters. The van der Waals surface area contributed by atoms with Crippen molar-refractivity contribution in [1.29, 1.82) is 0 Å². The zero-order chi connectivity index (χ0) is 19.6. The molecule has 4 aromatic rings. The van der Waals surface area contributed by atoms with E-state index in [2.05, 4.69) is 29.6 Å². The number of hydrogen-bond acceptors (Lipinski definition) is 1. The molecule has 4 aromatic carbocycles. The molecule has 0 heterocycles. The minimum atomic E-state index is -0.0984.